The minimum atomic E-state index is -0.0680. The highest BCUT2D eigenvalue weighted by Crippen LogP contribution is 2.35. The molecule has 6 heteroatoms. The Hall–Kier alpha value is -2.21. The van der Waals surface area contributed by atoms with Crippen LogP contribution < -0.4 is 10.5 Å². The number of anilines is 1. The SMILES string of the molecule is O=c1[nH]c(C2CCCN2c2nccs2)nc2ccccc12. The van der Waals surface area contributed by atoms with Gasteiger partial charge in [0.15, 0.2) is 5.13 Å². The van der Waals surface area contributed by atoms with Crippen molar-refractivity contribution in [2.45, 2.75) is 18.9 Å². The summed E-state index contributed by atoms with van der Waals surface area (Å²) in [7, 11) is 0. The van der Waals surface area contributed by atoms with Crippen LogP contribution in [0.4, 0.5) is 5.13 Å². The quantitative estimate of drug-likeness (QED) is 0.790. The smallest absolute Gasteiger partial charge is 0.258 e. The molecule has 0 radical (unpaired) electrons. The first-order valence-electron chi connectivity index (χ1n) is 6.98. The number of aromatic nitrogens is 3. The lowest BCUT2D eigenvalue weighted by molar-refractivity contribution is 0.666. The van der Waals surface area contributed by atoms with E-state index in [1.165, 1.54) is 0 Å². The van der Waals surface area contributed by atoms with Gasteiger partial charge in [-0.15, -0.1) is 11.3 Å². The first-order chi connectivity index (χ1) is 10.3. The van der Waals surface area contributed by atoms with E-state index in [0.717, 1.165) is 35.9 Å². The predicted octanol–water partition coefficient (Wildman–Crippen LogP) is 2.72. The number of nitrogens with zero attached hydrogens (tertiary/aromatic N) is 3. The summed E-state index contributed by atoms with van der Waals surface area (Å²) in [5.74, 6) is 0.742. The van der Waals surface area contributed by atoms with Crippen LogP contribution in [0.15, 0.2) is 40.6 Å². The summed E-state index contributed by atoms with van der Waals surface area (Å²) >= 11 is 1.62. The summed E-state index contributed by atoms with van der Waals surface area (Å²) in [6.07, 6.45) is 3.88. The maximum Gasteiger partial charge on any atom is 0.258 e. The molecule has 0 spiro atoms. The highest BCUT2D eigenvalue weighted by molar-refractivity contribution is 7.13. The number of aromatic amines is 1. The number of rotatable bonds is 2. The largest absolute Gasteiger partial charge is 0.338 e. The van der Waals surface area contributed by atoms with Crippen molar-refractivity contribution in [2.24, 2.45) is 0 Å². The minimum absolute atomic E-state index is 0.0680. The number of nitrogens with one attached hydrogen (secondary N) is 1. The van der Waals surface area contributed by atoms with E-state index in [0.29, 0.717) is 5.39 Å². The predicted molar refractivity (Wildman–Crippen MR) is 83.8 cm³/mol. The van der Waals surface area contributed by atoms with Crippen molar-refractivity contribution in [1.29, 1.82) is 0 Å². The Morgan fingerprint density at radius 3 is 3.10 bits per heavy atom. The summed E-state index contributed by atoms with van der Waals surface area (Å²) in [4.78, 5) is 26.5. The third-order valence-corrected chi connectivity index (χ3v) is 4.67. The Balaban J connectivity index is 1.80. The molecule has 3 heterocycles. The minimum Gasteiger partial charge on any atom is -0.338 e. The first-order valence-corrected chi connectivity index (χ1v) is 7.86. The van der Waals surface area contributed by atoms with Crippen LogP contribution in [-0.2, 0) is 0 Å². The molecule has 106 valence electrons. The average Bonchev–Trinajstić information content (AvgIpc) is 3.18. The molecule has 0 bridgehead atoms. The zero-order chi connectivity index (χ0) is 14.2. The third kappa shape index (κ3) is 2.12. The fourth-order valence-electron chi connectivity index (χ4n) is 2.90. The molecule has 1 aliphatic rings. The molecule has 4 rings (SSSR count). The molecule has 2 aromatic heterocycles. The second-order valence-electron chi connectivity index (χ2n) is 5.13. The molecule has 21 heavy (non-hydrogen) atoms. The van der Waals surface area contributed by atoms with E-state index in [1.54, 1.807) is 17.4 Å². The molecule has 0 aliphatic carbocycles. The Kier molecular flexibility index (Phi) is 2.96. The monoisotopic (exact) mass is 298 g/mol. The number of hydrogen-bond donors (Lipinski definition) is 1. The van der Waals surface area contributed by atoms with Crippen LogP contribution in [0.5, 0.6) is 0 Å². The van der Waals surface area contributed by atoms with Gasteiger partial charge in [0.1, 0.15) is 5.82 Å². The summed E-state index contributed by atoms with van der Waals surface area (Å²) in [5, 5.41) is 3.61. The molecule has 0 saturated carbocycles. The van der Waals surface area contributed by atoms with Gasteiger partial charge in [0, 0.05) is 18.1 Å². The van der Waals surface area contributed by atoms with E-state index in [9.17, 15) is 4.79 Å². The van der Waals surface area contributed by atoms with Crippen LogP contribution in [-0.4, -0.2) is 21.5 Å². The van der Waals surface area contributed by atoms with Crippen molar-refractivity contribution >= 4 is 27.4 Å². The Labute approximate surface area is 125 Å². The van der Waals surface area contributed by atoms with Gasteiger partial charge in [-0.05, 0) is 25.0 Å². The van der Waals surface area contributed by atoms with E-state index in [1.807, 2.05) is 29.8 Å². The van der Waals surface area contributed by atoms with E-state index < -0.39 is 0 Å². The number of fused-ring (bicyclic) bond motifs is 1. The maximum absolute atomic E-state index is 12.2. The van der Waals surface area contributed by atoms with Gasteiger partial charge in [0.2, 0.25) is 0 Å². The van der Waals surface area contributed by atoms with Crippen molar-refractivity contribution in [3.63, 3.8) is 0 Å². The Morgan fingerprint density at radius 1 is 1.33 bits per heavy atom. The van der Waals surface area contributed by atoms with Gasteiger partial charge < -0.3 is 9.88 Å². The van der Waals surface area contributed by atoms with Crippen LogP contribution in [0.2, 0.25) is 0 Å². The molecule has 1 unspecified atom stereocenters. The van der Waals surface area contributed by atoms with Crippen molar-refractivity contribution < 1.29 is 0 Å². The molecule has 1 aliphatic heterocycles. The molecule has 1 atom stereocenters. The lowest BCUT2D eigenvalue weighted by atomic mass is 10.2. The van der Waals surface area contributed by atoms with E-state index in [4.69, 9.17) is 0 Å². The summed E-state index contributed by atoms with van der Waals surface area (Å²) in [6, 6.07) is 7.56. The molecule has 1 fully saturated rings. The van der Waals surface area contributed by atoms with Crippen LogP contribution in [0.1, 0.15) is 24.7 Å². The van der Waals surface area contributed by atoms with Gasteiger partial charge in [0.25, 0.3) is 5.56 Å². The highest BCUT2D eigenvalue weighted by atomic mass is 32.1. The molecule has 5 nitrogen and oxygen atoms in total. The van der Waals surface area contributed by atoms with E-state index in [-0.39, 0.29) is 11.6 Å². The van der Waals surface area contributed by atoms with Crippen molar-refractivity contribution in [3.05, 3.63) is 52.0 Å². The number of hydrogen-bond acceptors (Lipinski definition) is 5. The molecule has 3 aromatic rings. The van der Waals surface area contributed by atoms with Crippen molar-refractivity contribution in [3.8, 4) is 0 Å². The number of thiazole rings is 1. The van der Waals surface area contributed by atoms with Gasteiger partial charge in [-0.2, -0.15) is 0 Å². The Morgan fingerprint density at radius 2 is 2.24 bits per heavy atom. The number of para-hydroxylation sites is 1. The lowest BCUT2D eigenvalue weighted by Crippen LogP contribution is -2.26. The van der Waals surface area contributed by atoms with E-state index >= 15 is 0 Å². The van der Waals surface area contributed by atoms with Gasteiger partial charge in [0.05, 0.1) is 16.9 Å². The second-order valence-corrected chi connectivity index (χ2v) is 6.01. The summed E-state index contributed by atoms with van der Waals surface area (Å²) < 4.78 is 0. The summed E-state index contributed by atoms with van der Waals surface area (Å²) in [6.45, 7) is 0.953. The topological polar surface area (TPSA) is 61.9 Å². The molecule has 1 aromatic carbocycles. The molecular weight excluding hydrogens is 284 g/mol. The maximum atomic E-state index is 12.2. The van der Waals surface area contributed by atoms with Gasteiger partial charge in [-0.3, -0.25) is 4.79 Å². The van der Waals surface area contributed by atoms with Gasteiger partial charge in [-0.1, -0.05) is 12.1 Å². The Bertz CT molecular complexity index is 827. The molecule has 1 saturated heterocycles. The third-order valence-electron chi connectivity index (χ3n) is 3.86. The molecular formula is C15H14N4OS. The number of H-pyrrole nitrogens is 1. The summed E-state index contributed by atoms with van der Waals surface area (Å²) in [5.41, 5.74) is 0.684. The average molecular weight is 298 g/mol. The van der Waals surface area contributed by atoms with Crippen molar-refractivity contribution in [1.82, 2.24) is 15.0 Å². The standard InChI is InChI=1S/C15H14N4OS/c20-14-10-4-1-2-5-11(10)17-13(18-14)12-6-3-8-19(12)15-16-7-9-21-15/h1-2,4-5,7,9,12H,3,6,8H2,(H,17,18,20). The van der Waals surface area contributed by atoms with Crippen LogP contribution >= 0.6 is 11.3 Å². The highest BCUT2D eigenvalue weighted by Gasteiger charge is 2.29. The zero-order valence-corrected chi connectivity index (χ0v) is 12.1. The van der Waals surface area contributed by atoms with Crippen molar-refractivity contribution in [2.75, 3.05) is 11.4 Å². The molecule has 1 N–H and O–H groups in total. The van der Waals surface area contributed by atoms with Gasteiger partial charge in [-0.25, -0.2) is 9.97 Å². The lowest BCUT2D eigenvalue weighted by Gasteiger charge is -2.23. The fourth-order valence-corrected chi connectivity index (χ4v) is 3.62. The van der Waals surface area contributed by atoms with Crippen LogP contribution in [0, 0.1) is 0 Å². The second kappa shape index (κ2) is 4.96. The molecule has 0 amide bonds. The van der Waals surface area contributed by atoms with Crippen LogP contribution in [0.3, 0.4) is 0 Å². The fraction of sp³-hybridized carbons (Fsp3) is 0.267. The van der Waals surface area contributed by atoms with E-state index in [2.05, 4.69) is 19.9 Å². The van der Waals surface area contributed by atoms with Gasteiger partial charge >= 0.3 is 0 Å². The first kappa shape index (κ1) is 12.5. The normalized spacial score (nSPS) is 18.5. The number of benzene rings is 1. The zero-order valence-electron chi connectivity index (χ0n) is 11.3. The van der Waals surface area contributed by atoms with Crippen LogP contribution in [0.25, 0.3) is 10.9 Å².